The quantitative estimate of drug-likeness (QED) is 0.434. The van der Waals surface area contributed by atoms with E-state index in [1.54, 1.807) is 6.92 Å². The molecule has 1 unspecified atom stereocenters. The molecule has 0 saturated heterocycles. The summed E-state index contributed by atoms with van der Waals surface area (Å²) in [5.41, 5.74) is 5.72. The first-order valence-electron chi connectivity index (χ1n) is 6.12. The zero-order valence-electron chi connectivity index (χ0n) is 12.0. The molecule has 0 saturated carbocycles. The van der Waals surface area contributed by atoms with Crippen LogP contribution in [0.1, 0.15) is 20.8 Å². The molecule has 1 aromatic rings. The molecule has 0 fully saturated rings. The third-order valence-corrected chi connectivity index (χ3v) is 4.22. The molecule has 1 amide bonds. The van der Waals surface area contributed by atoms with Crippen LogP contribution in [0.5, 0.6) is 0 Å². The third-order valence-electron chi connectivity index (χ3n) is 2.28. The van der Waals surface area contributed by atoms with Crippen LogP contribution in [0.2, 0.25) is 0 Å². The van der Waals surface area contributed by atoms with Crippen LogP contribution in [0.15, 0.2) is 4.34 Å². The molecule has 120 valence electrons. The minimum Gasteiger partial charge on any atom is -0.465 e. The number of halogens is 1. The molecule has 0 aliphatic heterocycles. The predicted molar refractivity (Wildman–Crippen MR) is 86.0 cm³/mol. The summed E-state index contributed by atoms with van der Waals surface area (Å²) in [6.45, 7) is 5.83. The Labute approximate surface area is 137 Å². The van der Waals surface area contributed by atoms with Gasteiger partial charge in [-0.15, -0.1) is 22.6 Å². The molecule has 0 radical (unpaired) electrons. The van der Waals surface area contributed by atoms with Crippen molar-refractivity contribution in [3.8, 4) is 0 Å². The Hall–Kier alpha value is -0.900. The van der Waals surface area contributed by atoms with Crippen LogP contribution in [0, 0.1) is 5.92 Å². The Morgan fingerprint density at radius 2 is 2.10 bits per heavy atom. The zero-order valence-corrected chi connectivity index (χ0v) is 14.4. The summed E-state index contributed by atoms with van der Waals surface area (Å²) in [5.74, 6) is -0.388. The van der Waals surface area contributed by atoms with Gasteiger partial charge < -0.3 is 10.5 Å². The highest BCUT2D eigenvalue weighted by molar-refractivity contribution is 8.01. The molecule has 1 rings (SSSR count). The zero-order chi connectivity index (χ0) is 15.1. The maximum Gasteiger partial charge on any atom is 0.316 e. The molecule has 0 spiro atoms. The monoisotopic (exact) mass is 354 g/mol. The first-order valence-corrected chi connectivity index (χ1v) is 7.92. The van der Waals surface area contributed by atoms with Crippen molar-refractivity contribution in [3.63, 3.8) is 0 Å². The lowest BCUT2D eigenvalue weighted by Gasteiger charge is -2.13. The molecule has 7 nitrogen and oxygen atoms in total. The van der Waals surface area contributed by atoms with E-state index in [1.165, 1.54) is 23.1 Å². The molecule has 10 heteroatoms. The van der Waals surface area contributed by atoms with Gasteiger partial charge in [-0.2, -0.15) is 0 Å². The molecule has 0 aliphatic carbocycles. The number of rotatable bonds is 7. The van der Waals surface area contributed by atoms with Crippen LogP contribution >= 0.6 is 35.5 Å². The van der Waals surface area contributed by atoms with Gasteiger partial charge in [-0.3, -0.25) is 14.9 Å². The summed E-state index contributed by atoms with van der Waals surface area (Å²) in [4.78, 5) is 22.9. The molecular formula is C11H19ClN4O3S2. The number of thioether (sulfide) groups is 1. The van der Waals surface area contributed by atoms with Gasteiger partial charge in [0.1, 0.15) is 0 Å². The molecule has 1 heterocycles. The molecule has 0 aliphatic rings. The lowest BCUT2D eigenvalue weighted by Crippen LogP contribution is -2.39. The van der Waals surface area contributed by atoms with Crippen LogP contribution in [0.4, 0.5) is 5.13 Å². The maximum absolute atomic E-state index is 11.7. The van der Waals surface area contributed by atoms with Crippen molar-refractivity contribution in [3.05, 3.63) is 0 Å². The maximum atomic E-state index is 11.7. The van der Waals surface area contributed by atoms with Crippen LogP contribution in [-0.4, -0.2) is 40.5 Å². The largest absolute Gasteiger partial charge is 0.465 e. The second-order valence-corrected chi connectivity index (χ2v) is 6.43. The van der Waals surface area contributed by atoms with Crippen LogP contribution < -0.4 is 11.1 Å². The number of esters is 1. The van der Waals surface area contributed by atoms with Crippen LogP contribution in [0.3, 0.4) is 0 Å². The summed E-state index contributed by atoms with van der Waals surface area (Å²) in [5, 5.41) is 10.7. The Morgan fingerprint density at radius 3 is 2.67 bits per heavy atom. The van der Waals surface area contributed by atoms with E-state index < -0.39 is 6.04 Å². The highest BCUT2D eigenvalue weighted by Gasteiger charge is 2.19. The number of nitrogens with zero attached hydrogens (tertiary/aromatic N) is 2. The number of nitrogens with one attached hydrogen (secondary N) is 1. The Balaban J connectivity index is 0.00000400. The van der Waals surface area contributed by atoms with Crippen molar-refractivity contribution in [1.82, 2.24) is 10.2 Å². The number of hydrogen-bond donors (Lipinski definition) is 2. The van der Waals surface area contributed by atoms with Gasteiger partial charge in [0, 0.05) is 0 Å². The van der Waals surface area contributed by atoms with E-state index in [-0.39, 0.29) is 36.0 Å². The summed E-state index contributed by atoms with van der Waals surface area (Å²) in [6.07, 6.45) is 0. The van der Waals surface area contributed by atoms with Gasteiger partial charge in [-0.1, -0.05) is 36.9 Å². The standard InChI is InChI=1S/C11H18N4O3S2.ClH/c1-4-18-7(16)5-19-11-15-14-10(20-11)13-9(17)8(12)6(2)3;/h6,8H,4-5,12H2,1-3H3,(H,13,14,17);1H. The highest BCUT2D eigenvalue weighted by Crippen LogP contribution is 2.25. The molecule has 1 aromatic heterocycles. The van der Waals surface area contributed by atoms with E-state index in [9.17, 15) is 9.59 Å². The summed E-state index contributed by atoms with van der Waals surface area (Å²) >= 11 is 2.41. The number of aromatic nitrogens is 2. The van der Waals surface area contributed by atoms with Gasteiger partial charge in [-0.25, -0.2) is 0 Å². The van der Waals surface area contributed by atoms with Gasteiger partial charge in [0.25, 0.3) is 0 Å². The summed E-state index contributed by atoms with van der Waals surface area (Å²) in [7, 11) is 0. The van der Waals surface area contributed by atoms with Crippen molar-refractivity contribution >= 4 is 52.5 Å². The van der Waals surface area contributed by atoms with E-state index in [0.717, 1.165) is 0 Å². The second-order valence-electron chi connectivity index (χ2n) is 4.23. The normalized spacial score (nSPS) is 11.7. The summed E-state index contributed by atoms with van der Waals surface area (Å²) in [6, 6.07) is -0.588. The number of hydrogen-bond acceptors (Lipinski definition) is 8. The minimum atomic E-state index is -0.588. The number of carbonyl (C=O) groups is 2. The predicted octanol–water partition coefficient (Wildman–Crippen LogP) is 1.54. The fourth-order valence-corrected chi connectivity index (χ4v) is 2.69. The first-order chi connectivity index (χ1) is 9.43. The first kappa shape index (κ1) is 20.1. The van der Waals surface area contributed by atoms with Crippen molar-refractivity contribution in [2.75, 3.05) is 17.7 Å². The molecule has 3 N–H and O–H groups in total. The Kier molecular flexibility index (Phi) is 9.51. The van der Waals surface area contributed by atoms with Crippen molar-refractivity contribution in [1.29, 1.82) is 0 Å². The summed E-state index contributed by atoms with van der Waals surface area (Å²) < 4.78 is 5.39. The van der Waals surface area contributed by atoms with Gasteiger partial charge in [0.2, 0.25) is 11.0 Å². The van der Waals surface area contributed by atoms with Gasteiger partial charge in [0.05, 0.1) is 18.4 Å². The molecule has 0 bridgehead atoms. The lowest BCUT2D eigenvalue weighted by atomic mass is 10.1. The van der Waals surface area contributed by atoms with E-state index in [1.807, 2.05) is 13.8 Å². The average molecular weight is 355 g/mol. The molecule has 1 atom stereocenters. The average Bonchev–Trinajstić information content (AvgIpc) is 2.83. The van der Waals surface area contributed by atoms with Crippen LogP contribution in [0.25, 0.3) is 0 Å². The van der Waals surface area contributed by atoms with Crippen LogP contribution in [-0.2, 0) is 14.3 Å². The number of carbonyl (C=O) groups excluding carboxylic acids is 2. The molecule has 0 aromatic carbocycles. The fourth-order valence-electron chi connectivity index (χ4n) is 1.13. The SMILES string of the molecule is CCOC(=O)CSc1nnc(NC(=O)C(N)C(C)C)s1.Cl. The van der Waals surface area contributed by atoms with Crippen molar-refractivity contribution < 1.29 is 14.3 Å². The smallest absolute Gasteiger partial charge is 0.316 e. The van der Waals surface area contributed by atoms with E-state index in [2.05, 4.69) is 15.5 Å². The Morgan fingerprint density at radius 1 is 1.43 bits per heavy atom. The van der Waals surface area contributed by atoms with Gasteiger partial charge in [0.15, 0.2) is 4.34 Å². The number of anilines is 1. The van der Waals surface area contributed by atoms with E-state index >= 15 is 0 Å². The third kappa shape index (κ3) is 7.07. The van der Waals surface area contributed by atoms with E-state index in [0.29, 0.717) is 16.1 Å². The number of nitrogens with two attached hydrogens (primary N) is 1. The molecule has 21 heavy (non-hydrogen) atoms. The Bertz CT molecular complexity index is 470. The topological polar surface area (TPSA) is 107 Å². The fraction of sp³-hybridized carbons (Fsp3) is 0.636. The van der Waals surface area contributed by atoms with Gasteiger partial charge >= 0.3 is 5.97 Å². The highest BCUT2D eigenvalue weighted by atomic mass is 35.5. The van der Waals surface area contributed by atoms with Gasteiger partial charge in [-0.05, 0) is 12.8 Å². The molecular weight excluding hydrogens is 336 g/mol. The second kappa shape index (κ2) is 9.93. The van der Waals surface area contributed by atoms with Crippen molar-refractivity contribution in [2.45, 2.75) is 31.2 Å². The van der Waals surface area contributed by atoms with Crippen molar-refractivity contribution in [2.24, 2.45) is 11.7 Å². The number of ether oxygens (including phenoxy) is 1. The van der Waals surface area contributed by atoms with E-state index in [4.69, 9.17) is 10.5 Å². The minimum absolute atomic E-state index is 0. The lowest BCUT2D eigenvalue weighted by molar-refractivity contribution is -0.139. The number of amides is 1.